The molecule has 7 heteroatoms. The van der Waals surface area contributed by atoms with Gasteiger partial charge in [-0.3, -0.25) is 9.59 Å². The van der Waals surface area contributed by atoms with E-state index in [-0.39, 0.29) is 24.4 Å². The summed E-state index contributed by atoms with van der Waals surface area (Å²) in [4.78, 5) is 30.5. The fourth-order valence-corrected chi connectivity index (χ4v) is 1.77. The van der Waals surface area contributed by atoms with Crippen molar-refractivity contribution in [3.63, 3.8) is 0 Å². The van der Waals surface area contributed by atoms with E-state index in [1.54, 1.807) is 43.6 Å². The zero-order valence-corrected chi connectivity index (χ0v) is 11.6. The fourth-order valence-electron chi connectivity index (χ4n) is 1.77. The van der Waals surface area contributed by atoms with Gasteiger partial charge in [0.2, 0.25) is 5.91 Å². The number of carbonyl (C=O) groups is 2. The Morgan fingerprint density at radius 2 is 2.05 bits per heavy atom. The number of aromatic amines is 1. The maximum absolute atomic E-state index is 11.8. The lowest BCUT2D eigenvalue weighted by Gasteiger charge is -2.12. The van der Waals surface area contributed by atoms with E-state index in [2.05, 4.69) is 20.6 Å². The van der Waals surface area contributed by atoms with Gasteiger partial charge in [-0.05, 0) is 31.2 Å². The molecule has 0 saturated heterocycles. The second-order valence-electron chi connectivity index (χ2n) is 4.57. The van der Waals surface area contributed by atoms with E-state index >= 15 is 0 Å². The zero-order chi connectivity index (χ0) is 15.2. The van der Waals surface area contributed by atoms with Crippen LogP contribution in [-0.4, -0.2) is 28.3 Å². The summed E-state index contributed by atoms with van der Waals surface area (Å²) in [5.41, 5.74) is 6.58. The lowest BCUT2D eigenvalue weighted by Crippen LogP contribution is -2.38. The fraction of sp³-hybridized carbons (Fsp3) is 0.214. The number of benzene rings is 1. The average Bonchev–Trinajstić information content (AvgIpc) is 3.00. The molecule has 1 heterocycles. The van der Waals surface area contributed by atoms with Crippen molar-refractivity contribution in [3.05, 3.63) is 48.0 Å². The summed E-state index contributed by atoms with van der Waals surface area (Å²) in [7, 11) is 0. The molecule has 1 atom stereocenters. The number of nitrogens with zero attached hydrogens (tertiary/aromatic N) is 1. The molecule has 7 nitrogen and oxygen atoms in total. The highest BCUT2D eigenvalue weighted by atomic mass is 16.2. The highest BCUT2D eigenvalue weighted by Gasteiger charge is 2.12. The molecule has 21 heavy (non-hydrogen) atoms. The summed E-state index contributed by atoms with van der Waals surface area (Å²) in [6.07, 6.45) is 3.29. The van der Waals surface area contributed by atoms with E-state index in [4.69, 9.17) is 5.73 Å². The molecule has 110 valence electrons. The summed E-state index contributed by atoms with van der Waals surface area (Å²) in [5.74, 6) is 0.0479. The molecule has 0 bridgehead atoms. The van der Waals surface area contributed by atoms with Crippen LogP contribution >= 0.6 is 0 Å². The third-order valence-corrected chi connectivity index (χ3v) is 2.89. The van der Waals surface area contributed by atoms with Gasteiger partial charge in [0, 0.05) is 23.6 Å². The van der Waals surface area contributed by atoms with E-state index in [9.17, 15) is 9.59 Å². The Bertz CT molecular complexity index is 607. The van der Waals surface area contributed by atoms with Crippen LogP contribution in [0.4, 0.5) is 5.69 Å². The number of hydrogen-bond acceptors (Lipinski definition) is 4. The Labute approximate surface area is 122 Å². The normalized spacial score (nSPS) is 11.7. The van der Waals surface area contributed by atoms with Crippen LogP contribution in [0.25, 0.3) is 0 Å². The van der Waals surface area contributed by atoms with E-state index in [1.165, 1.54) is 0 Å². The van der Waals surface area contributed by atoms with Gasteiger partial charge < -0.3 is 21.4 Å². The number of H-pyrrole nitrogens is 1. The van der Waals surface area contributed by atoms with E-state index in [0.717, 1.165) is 0 Å². The number of nitrogens with two attached hydrogens (primary N) is 1. The summed E-state index contributed by atoms with van der Waals surface area (Å²) >= 11 is 0. The number of aromatic nitrogens is 2. The quantitative estimate of drug-likeness (QED) is 0.603. The minimum Gasteiger partial charge on any atom is -0.399 e. The molecule has 0 aliphatic rings. The van der Waals surface area contributed by atoms with Crippen LogP contribution in [0.2, 0.25) is 0 Å². The number of nitrogen functional groups attached to an aromatic ring is 1. The van der Waals surface area contributed by atoms with Crippen LogP contribution in [0.3, 0.4) is 0 Å². The minimum atomic E-state index is -0.323. The molecule has 0 spiro atoms. The zero-order valence-electron chi connectivity index (χ0n) is 11.6. The number of amides is 2. The molecular weight excluding hydrogens is 270 g/mol. The number of hydrogen-bond donors (Lipinski definition) is 4. The molecule has 2 aromatic rings. The van der Waals surface area contributed by atoms with Crippen LogP contribution in [0, 0.1) is 0 Å². The van der Waals surface area contributed by atoms with Gasteiger partial charge in [0.1, 0.15) is 5.82 Å². The third kappa shape index (κ3) is 4.07. The van der Waals surface area contributed by atoms with Gasteiger partial charge in [-0.1, -0.05) is 0 Å². The molecule has 5 N–H and O–H groups in total. The Hall–Kier alpha value is -2.83. The number of rotatable bonds is 5. The monoisotopic (exact) mass is 287 g/mol. The number of carbonyl (C=O) groups excluding carboxylic acids is 2. The molecule has 1 aromatic heterocycles. The van der Waals surface area contributed by atoms with E-state index in [1.807, 2.05) is 0 Å². The van der Waals surface area contributed by atoms with Crippen LogP contribution in [-0.2, 0) is 4.79 Å². The summed E-state index contributed by atoms with van der Waals surface area (Å²) in [6.45, 7) is 1.70. The predicted octanol–water partition coefficient (Wildman–Crippen LogP) is 0.599. The highest BCUT2D eigenvalue weighted by molar-refractivity contribution is 5.96. The Balaban J connectivity index is 1.81. The molecule has 0 fully saturated rings. The first-order chi connectivity index (χ1) is 10.1. The highest BCUT2D eigenvalue weighted by Crippen LogP contribution is 2.06. The molecule has 1 aromatic carbocycles. The average molecular weight is 287 g/mol. The van der Waals surface area contributed by atoms with Crippen molar-refractivity contribution in [3.8, 4) is 0 Å². The van der Waals surface area contributed by atoms with Gasteiger partial charge in [-0.15, -0.1) is 0 Å². The second kappa shape index (κ2) is 6.56. The van der Waals surface area contributed by atoms with Crippen molar-refractivity contribution in [2.75, 3.05) is 12.3 Å². The van der Waals surface area contributed by atoms with Crippen molar-refractivity contribution in [1.82, 2.24) is 20.6 Å². The van der Waals surface area contributed by atoms with Crippen LogP contribution in [0.1, 0.15) is 29.1 Å². The van der Waals surface area contributed by atoms with Gasteiger partial charge in [0.05, 0.1) is 12.6 Å². The van der Waals surface area contributed by atoms with Crippen LogP contribution < -0.4 is 16.4 Å². The molecule has 0 aliphatic carbocycles. The Morgan fingerprint density at radius 1 is 1.33 bits per heavy atom. The molecular formula is C14H17N5O2. The summed E-state index contributed by atoms with van der Waals surface area (Å²) in [5, 5.41) is 5.28. The molecule has 0 saturated carbocycles. The largest absolute Gasteiger partial charge is 0.399 e. The minimum absolute atomic E-state index is 0.103. The van der Waals surface area contributed by atoms with Crippen molar-refractivity contribution < 1.29 is 9.59 Å². The topological polar surface area (TPSA) is 113 Å². The Kier molecular flexibility index (Phi) is 4.55. The smallest absolute Gasteiger partial charge is 0.251 e. The van der Waals surface area contributed by atoms with Gasteiger partial charge in [-0.25, -0.2) is 4.98 Å². The summed E-state index contributed by atoms with van der Waals surface area (Å²) in [6, 6.07) is 6.23. The molecule has 2 amide bonds. The molecule has 0 aliphatic heterocycles. The van der Waals surface area contributed by atoms with Crippen molar-refractivity contribution in [1.29, 1.82) is 0 Å². The number of nitrogens with one attached hydrogen (secondary N) is 3. The number of imidazole rings is 1. The van der Waals surface area contributed by atoms with E-state index in [0.29, 0.717) is 17.1 Å². The van der Waals surface area contributed by atoms with Crippen molar-refractivity contribution in [2.45, 2.75) is 13.0 Å². The van der Waals surface area contributed by atoms with Gasteiger partial charge in [-0.2, -0.15) is 0 Å². The van der Waals surface area contributed by atoms with Crippen molar-refractivity contribution in [2.24, 2.45) is 0 Å². The van der Waals surface area contributed by atoms with Gasteiger partial charge in [0.25, 0.3) is 5.91 Å². The van der Waals surface area contributed by atoms with Crippen molar-refractivity contribution >= 4 is 17.5 Å². The molecule has 0 radical (unpaired) electrons. The first-order valence-electron chi connectivity index (χ1n) is 6.48. The maximum atomic E-state index is 11.8. The molecule has 1 unspecified atom stereocenters. The van der Waals surface area contributed by atoms with E-state index < -0.39 is 0 Å². The lowest BCUT2D eigenvalue weighted by atomic mass is 10.2. The van der Waals surface area contributed by atoms with Crippen LogP contribution in [0.5, 0.6) is 0 Å². The van der Waals surface area contributed by atoms with Gasteiger partial charge >= 0.3 is 0 Å². The molecule has 2 rings (SSSR count). The van der Waals surface area contributed by atoms with Gasteiger partial charge in [0.15, 0.2) is 0 Å². The summed E-state index contributed by atoms with van der Waals surface area (Å²) < 4.78 is 0. The standard InChI is InChI=1S/C14H17N5O2/c1-9(13-16-6-7-17-13)19-12(20)8-18-14(21)10-2-4-11(15)5-3-10/h2-7,9H,8,15H2,1H3,(H,16,17)(H,18,21)(H,19,20). The first-order valence-corrected chi connectivity index (χ1v) is 6.48. The first kappa shape index (κ1) is 14.6. The third-order valence-electron chi connectivity index (χ3n) is 2.89. The maximum Gasteiger partial charge on any atom is 0.251 e. The number of anilines is 1. The lowest BCUT2D eigenvalue weighted by molar-refractivity contribution is -0.120. The van der Waals surface area contributed by atoms with Crippen LogP contribution in [0.15, 0.2) is 36.7 Å². The second-order valence-corrected chi connectivity index (χ2v) is 4.57. The Morgan fingerprint density at radius 3 is 2.67 bits per heavy atom. The SMILES string of the molecule is CC(NC(=O)CNC(=O)c1ccc(N)cc1)c1ncc[nH]1. The predicted molar refractivity (Wildman–Crippen MR) is 78.3 cm³/mol.